The second-order valence-electron chi connectivity index (χ2n) is 7.72. The van der Waals surface area contributed by atoms with Gasteiger partial charge in [-0.15, -0.1) is 13.2 Å². The van der Waals surface area contributed by atoms with Crippen LogP contribution in [0.2, 0.25) is 0 Å². The van der Waals surface area contributed by atoms with Crippen LogP contribution in [0.25, 0.3) is 10.9 Å². The summed E-state index contributed by atoms with van der Waals surface area (Å²) in [4.78, 5) is 16.4. The van der Waals surface area contributed by atoms with Gasteiger partial charge in [0, 0.05) is 41.2 Å². The quantitative estimate of drug-likeness (QED) is 0.588. The molecule has 3 aromatic rings. The number of nitrogens with one attached hydrogen (secondary N) is 1. The topological polar surface area (TPSA) is 71.5 Å². The highest BCUT2D eigenvalue weighted by Gasteiger charge is 2.40. The monoisotopic (exact) mass is 419 g/mol. The number of ketones is 1. The van der Waals surface area contributed by atoms with Crippen molar-refractivity contribution in [3.8, 4) is 11.5 Å². The Labute approximate surface area is 170 Å². The zero-order chi connectivity index (χ0) is 21.7. The van der Waals surface area contributed by atoms with E-state index >= 15 is 0 Å². The largest absolute Gasteiger partial charge is 0.573 e. The van der Waals surface area contributed by atoms with Crippen LogP contribution >= 0.6 is 0 Å². The zero-order valence-corrected chi connectivity index (χ0v) is 16.4. The molecule has 2 aromatic carbocycles. The average molecular weight is 419 g/mol. The molecule has 0 saturated heterocycles. The summed E-state index contributed by atoms with van der Waals surface area (Å²) in [5.74, 6) is 0.0383. The van der Waals surface area contributed by atoms with E-state index in [4.69, 9.17) is 9.84 Å². The minimum absolute atomic E-state index is 0.0212. The first-order valence-electron chi connectivity index (χ1n) is 9.46. The Hall–Kier alpha value is -3.00. The van der Waals surface area contributed by atoms with Crippen molar-refractivity contribution >= 4 is 16.7 Å². The van der Waals surface area contributed by atoms with E-state index in [0.29, 0.717) is 46.5 Å². The van der Waals surface area contributed by atoms with Crippen molar-refractivity contribution in [2.45, 2.75) is 32.0 Å². The van der Waals surface area contributed by atoms with Crippen LogP contribution in [0.4, 0.5) is 13.2 Å². The fraction of sp³-hybridized carbons (Fsp3) is 0.318. The van der Waals surface area contributed by atoms with Crippen molar-refractivity contribution in [2.75, 3.05) is 13.2 Å². The normalized spacial score (nSPS) is 15.1. The number of hydrogen-bond acceptors (Lipinski definition) is 4. The van der Waals surface area contributed by atoms with Gasteiger partial charge in [0.15, 0.2) is 5.78 Å². The maximum absolute atomic E-state index is 13.3. The van der Waals surface area contributed by atoms with Gasteiger partial charge in [0.2, 0.25) is 0 Å². The molecule has 1 aliphatic rings. The van der Waals surface area contributed by atoms with Crippen molar-refractivity contribution < 1.29 is 32.5 Å². The van der Waals surface area contributed by atoms with Gasteiger partial charge in [-0.3, -0.25) is 4.79 Å². The summed E-state index contributed by atoms with van der Waals surface area (Å²) in [5, 5.41) is 9.46. The van der Waals surface area contributed by atoms with E-state index in [-0.39, 0.29) is 18.1 Å². The van der Waals surface area contributed by atoms with Gasteiger partial charge in [0.05, 0.1) is 17.7 Å². The number of alkyl halides is 3. The predicted molar refractivity (Wildman–Crippen MR) is 104 cm³/mol. The third-order valence-electron chi connectivity index (χ3n) is 5.34. The molecule has 1 aliphatic carbocycles. The molecule has 1 heterocycles. The maximum atomic E-state index is 13.3. The predicted octanol–water partition coefficient (Wildman–Crippen LogP) is 4.70. The Morgan fingerprint density at radius 1 is 1.10 bits per heavy atom. The van der Waals surface area contributed by atoms with Crippen LogP contribution < -0.4 is 9.47 Å². The molecule has 0 aliphatic heterocycles. The van der Waals surface area contributed by atoms with Gasteiger partial charge < -0.3 is 19.6 Å². The second kappa shape index (κ2) is 7.05. The average Bonchev–Trinajstić information content (AvgIpc) is 3.05. The Bertz CT molecular complexity index is 1130. The van der Waals surface area contributed by atoms with E-state index < -0.39 is 11.8 Å². The van der Waals surface area contributed by atoms with Crippen LogP contribution in [0.1, 0.15) is 47.4 Å². The fourth-order valence-corrected chi connectivity index (χ4v) is 3.93. The lowest BCUT2D eigenvalue weighted by molar-refractivity contribution is -0.274. The number of aliphatic hydroxyl groups is 1. The Morgan fingerprint density at radius 2 is 1.83 bits per heavy atom. The molecular formula is C22H20F3NO4. The van der Waals surface area contributed by atoms with E-state index in [1.165, 1.54) is 18.2 Å². The smallest absolute Gasteiger partial charge is 0.493 e. The SMILES string of the molecule is CC1(C)c2cc(OCCCO)ccc2C(=O)c2c1[nH]c1cc(OC(F)(F)F)ccc21. The van der Waals surface area contributed by atoms with Crippen LogP contribution in [-0.2, 0) is 5.41 Å². The van der Waals surface area contributed by atoms with E-state index in [1.54, 1.807) is 18.2 Å². The van der Waals surface area contributed by atoms with E-state index in [1.807, 2.05) is 13.8 Å². The molecule has 0 radical (unpaired) electrons. The molecule has 0 saturated carbocycles. The molecule has 5 nitrogen and oxygen atoms in total. The Kier molecular flexibility index (Phi) is 4.77. The lowest BCUT2D eigenvalue weighted by Gasteiger charge is -2.32. The van der Waals surface area contributed by atoms with E-state index in [0.717, 1.165) is 5.56 Å². The third kappa shape index (κ3) is 3.41. The number of carbonyl (C=O) groups is 1. The summed E-state index contributed by atoms with van der Waals surface area (Å²) in [5.41, 5.74) is 2.16. The van der Waals surface area contributed by atoms with Gasteiger partial charge in [0.1, 0.15) is 11.5 Å². The first-order valence-corrected chi connectivity index (χ1v) is 9.46. The molecule has 0 spiro atoms. The summed E-state index contributed by atoms with van der Waals surface area (Å²) in [6.07, 6.45) is -4.30. The number of aromatic amines is 1. The van der Waals surface area contributed by atoms with Crippen molar-refractivity contribution in [3.05, 3.63) is 58.8 Å². The highest BCUT2D eigenvalue weighted by atomic mass is 19.4. The lowest BCUT2D eigenvalue weighted by atomic mass is 9.71. The van der Waals surface area contributed by atoms with E-state index in [9.17, 15) is 18.0 Å². The van der Waals surface area contributed by atoms with E-state index in [2.05, 4.69) is 9.72 Å². The van der Waals surface area contributed by atoms with Gasteiger partial charge in [-0.1, -0.05) is 13.8 Å². The Balaban J connectivity index is 1.79. The van der Waals surface area contributed by atoms with Gasteiger partial charge >= 0.3 is 6.36 Å². The number of benzene rings is 2. The number of fused-ring (bicyclic) bond motifs is 4. The molecule has 2 N–H and O–H groups in total. The molecule has 1 aromatic heterocycles. The molecule has 4 rings (SSSR count). The summed E-state index contributed by atoms with van der Waals surface area (Å²) in [6.45, 7) is 4.25. The number of carbonyl (C=O) groups excluding carboxylic acids is 1. The number of rotatable bonds is 5. The minimum atomic E-state index is -4.79. The number of halogens is 3. The van der Waals surface area contributed by atoms with Crippen LogP contribution in [-0.4, -0.2) is 35.4 Å². The molecule has 0 bridgehead atoms. The van der Waals surface area contributed by atoms with Crippen molar-refractivity contribution in [1.82, 2.24) is 4.98 Å². The molecule has 158 valence electrons. The lowest BCUT2D eigenvalue weighted by Crippen LogP contribution is -2.30. The van der Waals surface area contributed by atoms with Crippen molar-refractivity contribution in [1.29, 1.82) is 0 Å². The number of ether oxygens (including phenoxy) is 2. The van der Waals surface area contributed by atoms with Gasteiger partial charge in [-0.2, -0.15) is 0 Å². The number of aliphatic hydroxyl groups excluding tert-OH is 1. The first-order chi connectivity index (χ1) is 14.1. The highest BCUT2D eigenvalue weighted by Crippen LogP contribution is 2.45. The highest BCUT2D eigenvalue weighted by molar-refractivity contribution is 6.20. The molecule has 0 fully saturated rings. The molecule has 8 heteroatoms. The summed E-state index contributed by atoms with van der Waals surface area (Å²) in [7, 11) is 0. The van der Waals surface area contributed by atoms with Crippen molar-refractivity contribution in [2.24, 2.45) is 0 Å². The molecule has 0 amide bonds. The summed E-state index contributed by atoms with van der Waals surface area (Å²) < 4.78 is 47.4. The fourth-order valence-electron chi connectivity index (χ4n) is 3.93. The number of aromatic nitrogens is 1. The number of hydrogen-bond donors (Lipinski definition) is 2. The van der Waals surface area contributed by atoms with Gasteiger partial charge in [-0.05, 0) is 35.9 Å². The third-order valence-corrected chi connectivity index (χ3v) is 5.34. The first kappa shape index (κ1) is 20.3. The molecule has 0 unspecified atom stereocenters. The van der Waals surface area contributed by atoms with Gasteiger partial charge in [-0.25, -0.2) is 0 Å². The van der Waals surface area contributed by atoms with Crippen LogP contribution in [0.3, 0.4) is 0 Å². The summed E-state index contributed by atoms with van der Waals surface area (Å²) in [6, 6.07) is 9.14. The van der Waals surface area contributed by atoms with Crippen LogP contribution in [0, 0.1) is 0 Å². The van der Waals surface area contributed by atoms with Gasteiger partial charge in [0.25, 0.3) is 0 Å². The van der Waals surface area contributed by atoms with Crippen LogP contribution in [0.5, 0.6) is 11.5 Å². The zero-order valence-electron chi connectivity index (χ0n) is 16.4. The Morgan fingerprint density at radius 3 is 2.53 bits per heavy atom. The summed E-state index contributed by atoms with van der Waals surface area (Å²) >= 11 is 0. The standard InChI is InChI=1S/C22H20F3NO4/c1-21(2)16-10-12(29-9-3-8-27)4-6-14(16)19(28)18-15-7-5-13(30-22(23,24)25)11-17(15)26-20(18)21/h4-7,10-11,26-27H,3,8-9H2,1-2H3. The molecule has 0 atom stereocenters. The van der Waals surface area contributed by atoms with Crippen LogP contribution in [0.15, 0.2) is 36.4 Å². The molecular weight excluding hydrogens is 399 g/mol. The second-order valence-corrected chi connectivity index (χ2v) is 7.72. The molecule has 30 heavy (non-hydrogen) atoms. The number of H-pyrrole nitrogens is 1. The minimum Gasteiger partial charge on any atom is -0.493 e. The van der Waals surface area contributed by atoms with Crippen molar-refractivity contribution in [3.63, 3.8) is 0 Å². The maximum Gasteiger partial charge on any atom is 0.573 e.